The molecule has 1 rings (SSSR count). The Morgan fingerprint density at radius 2 is 2.15 bits per heavy atom. The van der Waals surface area contributed by atoms with Gasteiger partial charge in [-0.2, -0.15) is 0 Å². The number of halogens is 2. The fourth-order valence-corrected chi connectivity index (χ4v) is 1.84. The molecule has 0 heterocycles. The van der Waals surface area contributed by atoms with Gasteiger partial charge in [-0.05, 0) is 30.0 Å². The second-order valence-electron chi connectivity index (χ2n) is 3.36. The molecule has 0 aliphatic carbocycles. The Bertz CT molecular complexity index is 283. The van der Waals surface area contributed by atoms with Gasteiger partial charge in [0.25, 0.3) is 0 Å². The third-order valence-electron chi connectivity index (χ3n) is 2.22. The van der Waals surface area contributed by atoms with Gasteiger partial charge in [-0.25, -0.2) is 4.39 Å². The van der Waals surface area contributed by atoms with E-state index in [4.69, 9.17) is 11.6 Å². The zero-order valence-corrected chi connectivity index (χ0v) is 8.74. The van der Waals surface area contributed by atoms with Crippen LogP contribution in [0.25, 0.3) is 0 Å². The molecule has 2 heteroatoms. The molecule has 0 saturated carbocycles. The van der Waals surface area contributed by atoms with Crippen molar-refractivity contribution in [3.8, 4) is 0 Å². The third kappa shape index (κ3) is 2.70. The van der Waals surface area contributed by atoms with Crippen LogP contribution in [0, 0.1) is 5.82 Å². The van der Waals surface area contributed by atoms with Gasteiger partial charge in [-0.1, -0.05) is 37.9 Å². The normalized spacial score (nSPS) is 12.9. The minimum absolute atomic E-state index is 0.266. The van der Waals surface area contributed by atoms with Crippen molar-refractivity contribution in [3.63, 3.8) is 0 Å². The summed E-state index contributed by atoms with van der Waals surface area (Å²) in [4.78, 5) is 0. The molecule has 1 aromatic carbocycles. The lowest BCUT2D eigenvalue weighted by Crippen LogP contribution is -1.94. The maximum atomic E-state index is 12.7. The van der Waals surface area contributed by atoms with E-state index in [1.165, 1.54) is 12.1 Å². The molecule has 0 aliphatic rings. The van der Waals surface area contributed by atoms with Gasteiger partial charge in [-0.15, -0.1) is 0 Å². The van der Waals surface area contributed by atoms with Crippen molar-refractivity contribution in [2.24, 2.45) is 0 Å². The van der Waals surface area contributed by atoms with E-state index in [9.17, 15) is 4.39 Å². The maximum Gasteiger partial charge on any atom is 0.124 e. The first-order valence-electron chi connectivity index (χ1n) is 4.60. The van der Waals surface area contributed by atoms with Crippen molar-refractivity contribution in [2.75, 3.05) is 0 Å². The second-order valence-corrected chi connectivity index (χ2v) is 3.76. The molecule has 0 spiro atoms. The van der Waals surface area contributed by atoms with Crippen LogP contribution in [-0.4, -0.2) is 0 Å². The van der Waals surface area contributed by atoms with Gasteiger partial charge < -0.3 is 0 Å². The third-order valence-corrected chi connectivity index (χ3v) is 2.54. The highest BCUT2D eigenvalue weighted by Gasteiger charge is 2.08. The molecule has 0 aromatic heterocycles. The van der Waals surface area contributed by atoms with Crippen molar-refractivity contribution in [1.82, 2.24) is 0 Å². The van der Waals surface area contributed by atoms with E-state index in [1.807, 2.05) is 0 Å². The number of rotatable bonds is 3. The molecule has 1 atom stereocenters. The van der Waals surface area contributed by atoms with Gasteiger partial charge >= 0.3 is 0 Å². The fraction of sp³-hybridized carbons (Fsp3) is 0.455. The molecular formula is C11H14ClF. The van der Waals surface area contributed by atoms with Crippen LogP contribution in [-0.2, 0) is 0 Å². The van der Waals surface area contributed by atoms with E-state index in [2.05, 4.69) is 13.8 Å². The quantitative estimate of drug-likeness (QED) is 0.679. The molecule has 0 nitrogen and oxygen atoms in total. The highest BCUT2D eigenvalue weighted by molar-refractivity contribution is 6.31. The van der Waals surface area contributed by atoms with E-state index >= 15 is 0 Å². The Kier molecular flexibility index (Phi) is 3.73. The monoisotopic (exact) mass is 200 g/mol. The molecule has 0 bridgehead atoms. The number of hydrogen-bond acceptors (Lipinski definition) is 0. The summed E-state index contributed by atoms with van der Waals surface area (Å²) in [6, 6.07) is 4.62. The molecule has 0 amide bonds. The Morgan fingerprint density at radius 3 is 2.69 bits per heavy atom. The predicted octanol–water partition coefficient (Wildman–Crippen LogP) is 4.38. The van der Waals surface area contributed by atoms with Crippen LogP contribution in [0.2, 0.25) is 5.02 Å². The molecule has 0 N–H and O–H groups in total. The average molecular weight is 201 g/mol. The largest absolute Gasteiger partial charge is 0.207 e. The first-order valence-corrected chi connectivity index (χ1v) is 4.98. The summed E-state index contributed by atoms with van der Waals surface area (Å²) in [5, 5.41) is 0.543. The predicted molar refractivity (Wildman–Crippen MR) is 54.7 cm³/mol. The van der Waals surface area contributed by atoms with Gasteiger partial charge in [0.1, 0.15) is 5.82 Å². The van der Waals surface area contributed by atoms with Crippen molar-refractivity contribution >= 4 is 11.6 Å². The van der Waals surface area contributed by atoms with E-state index in [0.717, 1.165) is 18.4 Å². The minimum atomic E-state index is -0.266. The SMILES string of the molecule is CCCC(C)c1ccc(F)cc1Cl. The fourth-order valence-electron chi connectivity index (χ4n) is 1.49. The van der Waals surface area contributed by atoms with Crippen molar-refractivity contribution in [1.29, 1.82) is 0 Å². The van der Waals surface area contributed by atoms with Crippen molar-refractivity contribution < 1.29 is 4.39 Å². The molecule has 1 unspecified atom stereocenters. The topological polar surface area (TPSA) is 0 Å². The van der Waals surface area contributed by atoms with Crippen LogP contribution in [0.4, 0.5) is 4.39 Å². The number of hydrogen-bond donors (Lipinski definition) is 0. The lowest BCUT2D eigenvalue weighted by Gasteiger charge is -2.11. The summed E-state index contributed by atoms with van der Waals surface area (Å²) >= 11 is 5.92. The lowest BCUT2D eigenvalue weighted by molar-refractivity contribution is 0.622. The molecule has 1 aromatic rings. The average Bonchev–Trinajstić information content (AvgIpc) is 2.04. The highest BCUT2D eigenvalue weighted by Crippen LogP contribution is 2.27. The van der Waals surface area contributed by atoms with E-state index in [-0.39, 0.29) is 5.82 Å². The summed E-state index contributed by atoms with van der Waals surface area (Å²) in [5.74, 6) is 0.149. The Balaban J connectivity index is 2.88. The van der Waals surface area contributed by atoms with Crippen LogP contribution in [0.1, 0.15) is 38.2 Å². The lowest BCUT2D eigenvalue weighted by atomic mass is 9.96. The minimum Gasteiger partial charge on any atom is -0.207 e. The summed E-state index contributed by atoms with van der Waals surface area (Å²) in [6.07, 6.45) is 2.21. The summed E-state index contributed by atoms with van der Waals surface area (Å²) in [5.41, 5.74) is 1.05. The van der Waals surface area contributed by atoms with Gasteiger partial charge in [0.15, 0.2) is 0 Å². The Morgan fingerprint density at radius 1 is 1.46 bits per heavy atom. The Labute approximate surface area is 83.7 Å². The van der Waals surface area contributed by atoms with Crippen molar-refractivity contribution in [2.45, 2.75) is 32.6 Å². The van der Waals surface area contributed by atoms with Crippen LogP contribution in [0.5, 0.6) is 0 Å². The molecule has 0 radical (unpaired) electrons. The van der Waals surface area contributed by atoms with Gasteiger partial charge in [0, 0.05) is 5.02 Å². The highest BCUT2D eigenvalue weighted by atomic mass is 35.5. The van der Waals surface area contributed by atoms with Crippen molar-refractivity contribution in [3.05, 3.63) is 34.6 Å². The molecular weight excluding hydrogens is 187 g/mol. The molecule has 72 valence electrons. The smallest absolute Gasteiger partial charge is 0.124 e. The van der Waals surface area contributed by atoms with E-state index < -0.39 is 0 Å². The Hall–Kier alpha value is -0.560. The van der Waals surface area contributed by atoms with Crippen LogP contribution in [0.15, 0.2) is 18.2 Å². The molecule has 13 heavy (non-hydrogen) atoms. The first-order chi connectivity index (χ1) is 6.15. The zero-order valence-electron chi connectivity index (χ0n) is 7.98. The summed E-state index contributed by atoms with van der Waals surface area (Å²) in [6.45, 7) is 4.25. The van der Waals surface area contributed by atoms with E-state index in [0.29, 0.717) is 10.9 Å². The molecule has 0 fully saturated rings. The van der Waals surface area contributed by atoms with E-state index in [1.54, 1.807) is 6.07 Å². The summed E-state index contributed by atoms with van der Waals surface area (Å²) < 4.78 is 12.7. The van der Waals surface area contributed by atoms with Gasteiger partial charge in [0.2, 0.25) is 0 Å². The first kappa shape index (κ1) is 10.5. The van der Waals surface area contributed by atoms with Gasteiger partial charge in [0.05, 0.1) is 0 Å². The zero-order chi connectivity index (χ0) is 9.84. The van der Waals surface area contributed by atoms with Crippen LogP contribution in [0.3, 0.4) is 0 Å². The summed E-state index contributed by atoms with van der Waals surface area (Å²) in [7, 11) is 0. The second kappa shape index (κ2) is 4.61. The molecule has 0 saturated heterocycles. The van der Waals surface area contributed by atoms with Gasteiger partial charge in [-0.3, -0.25) is 0 Å². The van der Waals surface area contributed by atoms with Crippen LogP contribution >= 0.6 is 11.6 Å². The number of benzene rings is 1. The standard InChI is InChI=1S/C11H14ClF/c1-3-4-8(2)10-6-5-9(13)7-11(10)12/h5-8H,3-4H2,1-2H3. The maximum absolute atomic E-state index is 12.7. The van der Waals surface area contributed by atoms with Crippen LogP contribution < -0.4 is 0 Å². The molecule has 0 aliphatic heterocycles.